The van der Waals surface area contributed by atoms with E-state index in [4.69, 9.17) is 22.9 Å². The van der Waals surface area contributed by atoms with Crippen molar-refractivity contribution in [1.82, 2.24) is 57.4 Å². The van der Waals surface area contributed by atoms with Crippen molar-refractivity contribution in [2.45, 2.75) is 178 Å². The summed E-state index contributed by atoms with van der Waals surface area (Å²) in [5.74, 6) is -13.4. The van der Waals surface area contributed by atoms with Crippen molar-refractivity contribution < 1.29 is 72.5 Å². The number of carbonyl (C=O) groups is 13. The highest BCUT2D eigenvalue weighted by Gasteiger charge is 2.40. The molecular weight excluding hydrogens is 1160 g/mol. The predicted molar refractivity (Wildman–Crippen MR) is 320 cm³/mol. The van der Waals surface area contributed by atoms with Crippen LogP contribution in [0.5, 0.6) is 0 Å². The number of imidazole rings is 1. The summed E-state index contributed by atoms with van der Waals surface area (Å²) in [7, 11) is 0. The molecule has 0 saturated carbocycles. The van der Waals surface area contributed by atoms with Crippen molar-refractivity contribution in [1.29, 1.82) is 0 Å². The Morgan fingerprint density at radius 2 is 1.00 bits per heavy atom. The van der Waals surface area contributed by atoms with E-state index in [1.165, 1.54) is 17.4 Å². The van der Waals surface area contributed by atoms with Gasteiger partial charge in [0.1, 0.15) is 54.4 Å². The Morgan fingerprint density at radius 3 is 1.48 bits per heavy atom. The second kappa shape index (κ2) is 35.5. The monoisotopic (exact) mass is 1240 g/mol. The fraction of sp³-hybridized carbons (Fsp3) is 0.525. The lowest BCUT2D eigenvalue weighted by Crippen LogP contribution is -2.62. The first-order valence-corrected chi connectivity index (χ1v) is 29.3. The number of carbonyl (C=O) groups excluding carboxylic acids is 12. The zero-order valence-electron chi connectivity index (χ0n) is 50.5. The molecule has 12 amide bonds. The van der Waals surface area contributed by atoms with Crippen LogP contribution in [-0.4, -0.2) is 175 Å². The number of amides is 12. The SMILES string of the molecule is CC(C)C[C@H](NC(=O)[C@@H](NC(=O)[C@H](CCC(N)=O)NC(=O)[C@@H](NC(=O)[C@H](Cc1cnc[nH]1)NC(=O)[C@H](CCC(N)=O)NC(=O)[C@H](CCC(N)=O)NC(=O)[C@@H]1CCCN1C(=O)[C@@H](N)Cc1ccccc1)[C@@H](C)O)C(C)C)C(=O)N[C@@H](Cc1ccccc1)C(=O)O. The van der Waals surface area contributed by atoms with Crippen LogP contribution in [0.15, 0.2) is 73.2 Å². The summed E-state index contributed by atoms with van der Waals surface area (Å²) in [6.07, 6.45) is -1.56. The minimum Gasteiger partial charge on any atom is -0.480 e. The molecule has 0 bridgehead atoms. The zero-order valence-corrected chi connectivity index (χ0v) is 50.5. The predicted octanol–water partition coefficient (Wildman–Crippen LogP) is -3.40. The quantitative estimate of drug-likeness (QED) is 0.0268. The minimum absolute atomic E-state index is 0.0519. The molecule has 0 spiro atoms. The number of hydrogen-bond donors (Lipinski definition) is 15. The molecule has 1 aliphatic rings. The van der Waals surface area contributed by atoms with Gasteiger partial charge in [-0.05, 0) is 74.8 Å². The number of aromatic nitrogens is 2. The molecule has 4 rings (SSSR count). The lowest BCUT2D eigenvalue weighted by molar-refractivity contribution is -0.142. The number of nitrogens with two attached hydrogens (primary N) is 4. The second-order valence-corrected chi connectivity index (χ2v) is 22.8. The summed E-state index contributed by atoms with van der Waals surface area (Å²) >= 11 is 0. The molecule has 0 aliphatic carbocycles. The Bertz CT molecular complexity index is 2930. The van der Waals surface area contributed by atoms with E-state index >= 15 is 0 Å². The molecule has 19 N–H and O–H groups in total. The van der Waals surface area contributed by atoms with Crippen molar-refractivity contribution in [3.05, 3.63) is 90.0 Å². The highest BCUT2D eigenvalue weighted by molar-refractivity contribution is 5.99. The summed E-state index contributed by atoms with van der Waals surface area (Å²) in [4.78, 5) is 183. The van der Waals surface area contributed by atoms with E-state index in [0.717, 1.165) is 12.5 Å². The van der Waals surface area contributed by atoms with Gasteiger partial charge >= 0.3 is 5.97 Å². The summed E-state index contributed by atoms with van der Waals surface area (Å²) < 4.78 is 0. The van der Waals surface area contributed by atoms with Crippen LogP contribution in [-0.2, 0) is 81.6 Å². The van der Waals surface area contributed by atoms with Gasteiger partial charge in [0.05, 0.1) is 18.5 Å². The molecule has 30 heteroatoms. The van der Waals surface area contributed by atoms with Crippen LogP contribution < -0.4 is 65.5 Å². The Morgan fingerprint density at radius 1 is 0.562 bits per heavy atom. The van der Waals surface area contributed by atoms with Gasteiger partial charge in [0, 0.05) is 50.5 Å². The number of aliphatic hydroxyl groups excluding tert-OH is 1. The van der Waals surface area contributed by atoms with Crippen LogP contribution in [0, 0.1) is 11.8 Å². The van der Waals surface area contributed by atoms with Gasteiger partial charge in [-0.25, -0.2) is 9.78 Å². The Labute approximate surface area is 514 Å². The van der Waals surface area contributed by atoms with Crippen molar-refractivity contribution in [2.24, 2.45) is 34.8 Å². The molecule has 1 aliphatic heterocycles. The maximum absolute atomic E-state index is 14.4. The van der Waals surface area contributed by atoms with E-state index in [9.17, 15) is 72.5 Å². The van der Waals surface area contributed by atoms with Gasteiger partial charge in [-0.3, -0.25) is 57.5 Å². The number of rotatable bonds is 37. The van der Waals surface area contributed by atoms with Gasteiger partial charge in [-0.2, -0.15) is 0 Å². The highest BCUT2D eigenvalue weighted by Crippen LogP contribution is 2.21. The average molecular weight is 1240 g/mol. The summed E-state index contributed by atoms with van der Waals surface area (Å²) in [6, 6.07) is 2.84. The molecule has 2 heterocycles. The van der Waals surface area contributed by atoms with Crippen molar-refractivity contribution >= 4 is 76.9 Å². The largest absolute Gasteiger partial charge is 0.480 e. The van der Waals surface area contributed by atoms with Gasteiger partial charge in [-0.1, -0.05) is 88.4 Å². The highest BCUT2D eigenvalue weighted by atomic mass is 16.4. The summed E-state index contributed by atoms with van der Waals surface area (Å²) in [5, 5.41) is 40.9. The van der Waals surface area contributed by atoms with Gasteiger partial charge in [0.25, 0.3) is 0 Å². The van der Waals surface area contributed by atoms with Gasteiger partial charge in [0.2, 0.25) is 70.9 Å². The third kappa shape index (κ3) is 24.1. The number of aliphatic carboxylic acids is 1. The van der Waals surface area contributed by atoms with Crippen LogP contribution in [0.1, 0.15) is 109 Å². The Kier molecular flexibility index (Phi) is 28.8. The number of likely N-dealkylation sites (tertiary alicyclic amines) is 1. The van der Waals surface area contributed by atoms with Gasteiger partial charge < -0.3 is 85.6 Å². The van der Waals surface area contributed by atoms with Crippen molar-refractivity contribution in [3.63, 3.8) is 0 Å². The number of aromatic amines is 1. The molecule has 1 saturated heterocycles. The van der Waals surface area contributed by atoms with Crippen LogP contribution in [0.25, 0.3) is 0 Å². The lowest BCUT2D eigenvalue weighted by Gasteiger charge is -2.30. The molecular formula is C59H85N15O15. The standard InChI is InChI=1S/C59H85N15O15/c1-31(2)25-41(53(82)71-43(59(88)89)27-35-15-10-7-11-16-35)70-56(85)48(32(3)4)72-52(81)40(20-23-47(63)78)68-57(86)49(33(5)75)73-54(83)42(28-36-29-64-30-65-36)69-51(80)38(18-21-45(61)76)66-50(79)39(19-22-46(62)77)67-55(84)44-17-12-24-74(44)58(87)37(60)26-34-13-8-6-9-14-34/h6-11,13-16,29-33,37-44,48-49,75H,12,17-28,60H2,1-5H3,(H2,61,76)(H2,62,77)(H2,63,78)(H,64,65)(H,66,79)(H,67,84)(H,68,86)(H,69,80)(H,70,85)(H,71,82)(H,72,81)(H,73,83)(H,88,89)/t33-,37+,38+,39+,40+,41+,42+,43+,44+,48+,49+/m1/s1. The number of primary amides is 3. The first-order chi connectivity index (χ1) is 42.0. The van der Waals surface area contributed by atoms with E-state index in [0.29, 0.717) is 12.0 Å². The topological polar surface area (TPSA) is 495 Å². The number of carboxylic acid groups (broad SMARTS) is 1. The number of carboxylic acids is 1. The molecule has 2 aromatic carbocycles. The minimum atomic E-state index is -1.92. The zero-order chi connectivity index (χ0) is 66.1. The van der Waals surface area contributed by atoms with E-state index in [1.54, 1.807) is 88.4 Å². The summed E-state index contributed by atoms with van der Waals surface area (Å²) in [5.41, 5.74) is 24.3. The summed E-state index contributed by atoms with van der Waals surface area (Å²) in [6.45, 7) is 7.96. The number of hydrogen-bond acceptors (Lipinski definition) is 16. The van der Waals surface area contributed by atoms with Crippen LogP contribution in [0.2, 0.25) is 0 Å². The third-order valence-electron chi connectivity index (χ3n) is 14.6. The Balaban J connectivity index is 1.54. The number of nitrogens with zero attached hydrogens (tertiary/aromatic N) is 2. The second-order valence-electron chi connectivity index (χ2n) is 22.8. The van der Waals surface area contributed by atoms with Crippen LogP contribution in [0.3, 0.4) is 0 Å². The molecule has 11 atom stereocenters. The molecule has 1 aromatic heterocycles. The molecule has 3 aromatic rings. The van der Waals surface area contributed by atoms with E-state index in [-0.39, 0.29) is 56.7 Å². The van der Waals surface area contributed by atoms with Gasteiger partial charge in [-0.15, -0.1) is 0 Å². The Hall–Kier alpha value is -9.32. The molecule has 30 nitrogen and oxygen atoms in total. The fourth-order valence-electron chi connectivity index (χ4n) is 9.77. The molecule has 0 radical (unpaired) electrons. The number of aliphatic hydroxyl groups is 1. The first-order valence-electron chi connectivity index (χ1n) is 29.3. The van der Waals surface area contributed by atoms with Crippen molar-refractivity contribution in [3.8, 4) is 0 Å². The molecule has 0 unspecified atom stereocenters. The number of H-pyrrole nitrogens is 1. The fourth-order valence-corrected chi connectivity index (χ4v) is 9.77. The number of benzene rings is 2. The maximum Gasteiger partial charge on any atom is 0.326 e. The molecule has 1 fully saturated rings. The molecule has 89 heavy (non-hydrogen) atoms. The van der Waals surface area contributed by atoms with Crippen LogP contribution in [0.4, 0.5) is 0 Å². The first kappa shape index (κ1) is 72.2. The van der Waals surface area contributed by atoms with Gasteiger partial charge in [0.15, 0.2) is 0 Å². The maximum atomic E-state index is 14.4. The van der Waals surface area contributed by atoms with Crippen molar-refractivity contribution in [2.75, 3.05) is 6.54 Å². The van der Waals surface area contributed by atoms with E-state index in [1.807, 2.05) is 0 Å². The van der Waals surface area contributed by atoms with E-state index < -0.39 is 181 Å². The lowest BCUT2D eigenvalue weighted by atomic mass is 9.98. The molecule has 486 valence electrons. The normalized spacial score (nSPS) is 16.3. The number of nitrogens with one attached hydrogen (secondary N) is 9. The van der Waals surface area contributed by atoms with Crippen LogP contribution >= 0.6 is 0 Å². The third-order valence-corrected chi connectivity index (χ3v) is 14.6. The smallest absolute Gasteiger partial charge is 0.326 e. The van der Waals surface area contributed by atoms with E-state index in [2.05, 4.69) is 52.5 Å². The average Bonchev–Trinajstić information content (AvgIpc) is 3.03.